The molecule has 4 aromatic rings. The lowest BCUT2D eigenvalue weighted by atomic mass is 10.1. The van der Waals surface area contributed by atoms with E-state index >= 15 is 0 Å². The number of benzene rings is 4. The molecular weight excluding hydrogens is 332 g/mol. The van der Waals surface area contributed by atoms with Gasteiger partial charge in [0.25, 0.3) is 0 Å². The topological polar surface area (TPSA) is 58.2 Å². The maximum Gasteiger partial charge on any atom is 0.321 e. The summed E-state index contributed by atoms with van der Waals surface area (Å²) in [6.07, 6.45) is 0. The highest BCUT2D eigenvalue weighted by molar-refractivity contribution is 7.94. The van der Waals surface area contributed by atoms with Gasteiger partial charge in [0.15, 0.2) is 0 Å². The summed E-state index contributed by atoms with van der Waals surface area (Å²) in [5.41, 5.74) is 1.09. The van der Waals surface area contributed by atoms with E-state index in [-0.39, 0.29) is 0 Å². The van der Waals surface area contributed by atoms with E-state index in [4.69, 9.17) is 0 Å². The van der Waals surface area contributed by atoms with Gasteiger partial charge >= 0.3 is 10.2 Å². The minimum atomic E-state index is -3.77. The van der Waals surface area contributed by atoms with Gasteiger partial charge in [-0.15, -0.1) is 0 Å². The van der Waals surface area contributed by atoms with Gasteiger partial charge in [-0.05, 0) is 22.9 Å². The van der Waals surface area contributed by atoms with Gasteiger partial charge in [0.05, 0.1) is 11.4 Å². The Morgan fingerprint density at radius 1 is 0.520 bits per heavy atom. The van der Waals surface area contributed by atoms with Crippen LogP contribution in [0.3, 0.4) is 0 Å². The van der Waals surface area contributed by atoms with Crippen LogP contribution in [-0.2, 0) is 10.2 Å². The van der Waals surface area contributed by atoms with Crippen molar-refractivity contribution in [1.29, 1.82) is 0 Å². The predicted octanol–water partition coefficient (Wildman–Crippen LogP) is 4.76. The molecule has 0 spiro atoms. The van der Waals surface area contributed by atoms with Gasteiger partial charge in [0, 0.05) is 10.8 Å². The molecule has 0 fully saturated rings. The van der Waals surface area contributed by atoms with E-state index in [0.717, 1.165) is 21.5 Å². The SMILES string of the molecule is O=S(=O)(Nc1cccc2ccccc12)Nc1cccc2ccccc12. The quantitative estimate of drug-likeness (QED) is 0.558. The Kier molecular flexibility index (Phi) is 3.78. The zero-order valence-corrected chi connectivity index (χ0v) is 14.1. The van der Waals surface area contributed by atoms with Crippen LogP contribution in [-0.4, -0.2) is 8.42 Å². The average molecular weight is 348 g/mol. The van der Waals surface area contributed by atoms with Crippen molar-refractivity contribution in [3.8, 4) is 0 Å². The second kappa shape index (κ2) is 6.11. The van der Waals surface area contributed by atoms with Crippen molar-refractivity contribution in [3.05, 3.63) is 84.9 Å². The molecule has 0 amide bonds. The van der Waals surface area contributed by atoms with Gasteiger partial charge < -0.3 is 0 Å². The molecule has 0 aliphatic carbocycles. The highest BCUT2D eigenvalue weighted by atomic mass is 32.2. The molecule has 0 saturated carbocycles. The molecule has 0 saturated heterocycles. The lowest BCUT2D eigenvalue weighted by Gasteiger charge is -2.13. The minimum absolute atomic E-state index is 0.547. The van der Waals surface area contributed by atoms with Gasteiger partial charge in [-0.3, -0.25) is 9.44 Å². The summed E-state index contributed by atoms with van der Waals surface area (Å²) in [7, 11) is -3.77. The van der Waals surface area contributed by atoms with E-state index in [1.807, 2.05) is 72.8 Å². The standard InChI is InChI=1S/C20H16N2O2S/c23-25(24,21-19-13-5-9-15-7-1-3-11-17(15)19)22-20-14-6-10-16-8-2-4-12-18(16)20/h1-14,21-22H. The van der Waals surface area contributed by atoms with Crippen molar-refractivity contribution < 1.29 is 8.42 Å². The third-order valence-corrected chi connectivity index (χ3v) is 5.05. The number of hydrogen-bond donors (Lipinski definition) is 2. The molecule has 124 valence electrons. The molecule has 0 unspecified atom stereocenters. The second-order valence-electron chi connectivity index (χ2n) is 5.76. The van der Waals surface area contributed by atoms with Crippen molar-refractivity contribution in [1.82, 2.24) is 0 Å². The molecule has 0 atom stereocenters. The smallest absolute Gasteiger partial charge is 0.266 e. The van der Waals surface area contributed by atoms with Crippen molar-refractivity contribution >= 4 is 43.1 Å². The van der Waals surface area contributed by atoms with E-state index < -0.39 is 10.2 Å². The normalized spacial score (nSPS) is 11.5. The third-order valence-electron chi connectivity index (χ3n) is 4.07. The number of hydrogen-bond acceptors (Lipinski definition) is 2. The number of rotatable bonds is 4. The van der Waals surface area contributed by atoms with Crippen LogP contribution >= 0.6 is 0 Å². The first-order valence-electron chi connectivity index (χ1n) is 7.88. The number of nitrogens with one attached hydrogen (secondary N) is 2. The van der Waals surface area contributed by atoms with Gasteiger partial charge in [-0.1, -0.05) is 72.8 Å². The first-order valence-corrected chi connectivity index (χ1v) is 9.37. The fraction of sp³-hybridized carbons (Fsp3) is 0. The minimum Gasteiger partial charge on any atom is -0.266 e. The Labute approximate surface area is 146 Å². The summed E-state index contributed by atoms with van der Waals surface area (Å²) in [4.78, 5) is 0. The Morgan fingerprint density at radius 2 is 0.920 bits per heavy atom. The van der Waals surface area contributed by atoms with Crippen molar-refractivity contribution in [2.75, 3.05) is 9.44 Å². The van der Waals surface area contributed by atoms with Crippen LogP contribution < -0.4 is 9.44 Å². The molecule has 25 heavy (non-hydrogen) atoms. The van der Waals surface area contributed by atoms with E-state index in [2.05, 4.69) is 9.44 Å². The predicted molar refractivity (Wildman–Crippen MR) is 104 cm³/mol. The molecule has 0 radical (unpaired) electrons. The van der Waals surface area contributed by atoms with E-state index in [9.17, 15) is 8.42 Å². The van der Waals surface area contributed by atoms with Crippen LogP contribution in [0.2, 0.25) is 0 Å². The van der Waals surface area contributed by atoms with Crippen LogP contribution in [0.4, 0.5) is 11.4 Å². The summed E-state index contributed by atoms with van der Waals surface area (Å²) in [5.74, 6) is 0. The third kappa shape index (κ3) is 3.14. The zero-order chi connectivity index (χ0) is 17.3. The van der Waals surface area contributed by atoms with Gasteiger partial charge in [-0.2, -0.15) is 8.42 Å². The summed E-state index contributed by atoms with van der Waals surface area (Å²) in [6, 6.07) is 26.4. The zero-order valence-electron chi connectivity index (χ0n) is 13.3. The average Bonchev–Trinajstić information content (AvgIpc) is 2.62. The van der Waals surface area contributed by atoms with Crippen LogP contribution in [0.5, 0.6) is 0 Å². The highest BCUT2D eigenvalue weighted by Gasteiger charge is 2.13. The molecule has 0 aliphatic heterocycles. The Balaban J connectivity index is 1.70. The Bertz CT molecular complexity index is 1070. The number of fused-ring (bicyclic) bond motifs is 2. The summed E-state index contributed by atoms with van der Waals surface area (Å²) in [6.45, 7) is 0. The molecule has 4 nitrogen and oxygen atoms in total. The van der Waals surface area contributed by atoms with Crippen LogP contribution in [0.25, 0.3) is 21.5 Å². The Hall–Kier alpha value is -3.05. The lowest BCUT2D eigenvalue weighted by Crippen LogP contribution is -2.21. The monoisotopic (exact) mass is 348 g/mol. The number of anilines is 2. The maximum atomic E-state index is 12.6. The molecule has 4 aromatic carbocycles. The van der Waals surface area contributed by atoms with Crippen LogP contribution in [0.15, 0.2) is 84.9 Å². The van der Waals surface area contributed by atoms with Crippen molar-refractivity contribution in [2.45, 2.75) is 0 Å². The van der Waals surface area contributed by atoms with Gasteiger partial charge in [-0.25, -0.2) is 0 Å². The van der Waals surface area contributed by atoms with Crippen LogP contribution in [0, 0.1) is 0 Å². The molecule has 0 bridgehead atoms. The van der Waals surface area contributed by atoms with E-state index in [1.165, 1.54) is 0 Å². The van der Waals surface area contributed by atoms with E-state index in [1.54, 1.807) is 12.1 Å². The molecule has 0 heterocycles. The molecular formula is C20H16N2O2S. The molecule has 5 heteroatoms. The molecule has 0 aliphatic rings. The van der Waals surface area contributed by atoms with Gasteiger partial charge in [0.1, 0.15) is 0 Å². The van der Waals surface area contributed by atoms with E-state index in [0.29, 0.717) is 11.4 Å². The summed E-state index contributed by atoms with van der Waals surface area (Å²) >= 11 is 0. The fourth-order valence-electron chi connectivity index (χ4n) is 2.94. The Morgan fingerprint density at radius 3 is 1.40 bits per heavy atom. The van der Waals surface area contributed by atoms with Crippen molar-refractivity contribution in [2.24, 2.45) is 0 Å². The fourth-order valence-corrected chi connectivity index (χ4v) is 3.93. The molecule has 2 N–H and O–H groups in total. The first kappa shape index (κ1) is 15.5. The second-order valence-corrected chi connectivity index (χ2v) is 7.18. The largest absolute Gasteiger partial charge is 0.321 e. The molecule has 4 rings (SSSR count). The van der Waals surface area contributed by atoms with Gasteiger partial charge in [0.2, 0.25) is 0 Å². The first-order chi connectivity index (χ1) is 12.1. The highest BCUT2D eigenvalue weighted by Crippen LogP contribution is 2.26. The summed E-state index contributed by atoms with van der Waals surface area (Å²) in [5, 5.41) is 3.67. The summed E-state index contributed by atoms with van der Waals surface area (Å²) < 4.78 is 30.5. The maximum absolute atomic E-state index is 12.6. The van der Waals surface area contributed by atoms with Crippen LogP contribution in [0.1, 0.15) is 0 Å². The lowest BCUT2D eigenvalue weighted by molar-refractivity contribution is 0.606. The molecule has 0 aromatic heterocycles. The van der Waals surface area contributed by atoms with Crippen molar-refractivity contribution in [3.63, 3.8) is 0 Å².